The van der Waals surface area contributed by atoms with E-state index in [1.165, 1.54) is 30.4 Å². The van der Waals surface area contributed by atoms with Crippen LogP contribution < -0.4 is 0 Å². The number of aromatic hydroxyl groups is 1. The molecule has 6 aliphatic rings. The molecule has 3 fully saturated rings. The number of ether oxygens (including phenoxy) is 5. The van der Waals surface area contributed by atoms with Gasteiger partial charge >= 0.3 is 0 Å². The highest BCUT2D eigenvalue weighted by Crippen LogP contribution is 2.53. The zero-order valence-electron chi connectivity index (χ0n) is 28.3. The lowest BCUT2D eigenvalue weighted by molar-refractivity contribution is -0.260. The molecule has 268 valence electrons. The lowest BCUT2D eigenvalue weighted by Gasteiger charge is -2.53. The van der Waals surface area contributed by atoms with E-state index in [-0.39, 0.29) is 41.1 Å². The molecule has 3 aliphatic carbocycles. The number of fused-ring (bicyclic) bond motifs is 3. The van der Waals surface area contributed by atoms with Crippen molar-refractivity contribution in [1.82, 2.24) is 0 Å². The van der Waals surface area contributed by atoms with E-state index in [4.69, 9.17) is 23.7 Å². The zero-order valence-corrected chi connectivity index (χ0v) is 28.3. The summed E-state index contributed by atoms with van der Waals surface area (Å²) in [5.41, 5.74) is -7.54. The van der Waals surface area contributed by atoms with Crippen LogP contribution in [-0.2, 0) is 33.3 Å². The molecule has 7 rings (SSSR count). The third kappa shape index (κ3) is 5.55. The Hall–Kier alpha value is -3.40. The van der Waals surface area contributed by atoms with Crippen LogP contribution in [0.4, 0.5) is 0 Å². The third-order valence-corrected chi connectivity index (χ3v) is 11.0. The summed E-state index contributed by atoms with van der Waals surface area (Å²) in [6.07, 6.45) is 1.86. The normalized spacial score (nSPS) is 41.6. The number of Topliss-reactive ketones (excluding diaryl/α,β-unsaturated/α-hetero) is 3. The van der Waals surface area contributed by atoms with Crippen LogP contribution >= 0.6 is 0 Å². The van der Waals surface area contributed by atoms with E-state index in [1.54, 1.807) is 20.8 Å². The van der Waals surface area contributed by atoms with Crippen molar-refractivity contribution in [2.24, 2.45) is 0 Å². The molecule has 2 saturated heterocycles. The summed E-state index contributed by atoms with van der Waals surface area (Å²) in [5.74, 6) is -3.28. The first-order chi connectivity index (χ1) is 23.5. The second kappa shape index (κ2) is 12.4. The largest absolute Gasteiger partial charge is 0.507 e. The predicted molar refractivity (Wildman–Crippen MR) is 172 cm³/mol. The van der Waals surface area contributed by atoms with Crippen LogP contribution in [0.5, 0.6) is 5.75 Å². The number of phenolic OH excluding ortho intramolecular Hbond substituents is 1. The molecule has 1 saturated carbocycles. The molecular formula is C37H42O13. The molecule has 3 aliphatic heterocycles. The molecule has 4 N–H and O–H groups in total. The van der Waals surface area contributed by atoms with Gasteiger partial charge in [0.15, 0.2) is 41.3 Å². The first-order valence-corrected chi connectivity index (χ1v) is 17.1. The van der Waals surface area contributed by atoms with Gasteiger partial charge in [-0.25, -0.2) is 0 Å². The minimum absolute atomic E-state index is 0.214. The van der Waals surface area contributed by atoms with Crippen LogP contribution in [0.25, 0.3) is 0 Å². The van der Waals surface area contributed by atoms with Crippen molar-refractivity contribution >= 4 is 23.1 Å². The van der Waals surface area contributed by atoms with Crippen molar-refractivity contribution < 1.29 is 63.3 Å². The van der Waals surface area contributed by atoms with Crippen molar-refractivity contribution in [2.45, 2.75) is 132 Å². The number of aliphatic hydroxyl groups is 3. The Labute approximate surface area is 288 Å². The Morgan fingerprint density at radius 3 is 2.36 bits per heavy atom. The van der Waals surface area contributed by atoms with Gasteiger partial charge in [0.25, 0.3) is 0 Å². The van der Waals surface area contributed by atoms with Gasteiger partial charge in [-0.05, 0) is 71.3 Å². The average molecular weight is 695 g/mol. The van der Waals surface area contributed by atoms with Gasteiger partial charge in [0.2, 0.25) is 0 Å². The van der Waals surface area contributed by atoms with Crippen molar-refractivity contribution in [2.75, 3.05) is 0 Å². The number of rotatable bonds is 5. The first kappa shape index (κ1) is 35.0. The molecule has 0 radical (unpaired) electrons. The van der Waals surface area contributed by atoms with Gasteiger partial charge in [-0.15, -0.1) is 0 Å². The molecule has 3 heterocycles. The van der Waals surface area contributed by atoms with Gasteiger partial charge in [0.05, 0.1) is 47.3 Å². The number of aliphatic hydroxyl groups excluding tert-OH is 1. The highest BCUT2D eigenvalue weighted by atomic mass is 16.7. The van der Waals surface area contributed by atoms with Crippen LogP contribution in [0.1, 0.15) is 98.6 Å². The van der Waals surface area contributed by atoms with Gasteiger partial charge in [-0.3, -0.25) is 19.2 Å². The third-order valence-electron chi connectivity index (χ3n) is 11.0. The molecule has 1 aromatic carbocycles. The van der Waals surface area contributed by atoms with Crippen LogP contribution in [0.3, 0.4) is 0 Å². The predicted octanol–water partition coefficient (Wildman–Crippen LogP) is 2.62. The molecule has 13 nitrogen and oxygen atoms in total. The highest BCUT2D eigenvalue weighted by molar-refractivity contribution is 6.32. The van der Waals surface area contributed by atoms with Crippen molar-refractivity contribution in [3.05, 3.63) is 64.3 Å². The highest BCUT2D eigenvalue weighted by Gasteiger charge is 2.67. The van der Waals surface area contributed by atoms with Crippen molar-refractivity contribution in [3.8, 4) is 5.75 Å². The van der Waals surface area contributed by atoms with Crippen LogP contribution in [0.15, 0.2) is 47.6 Å². The second-order valence-corrected chi connectivity index (χ2v) is 14.6. The lowest BCUT2D eigenvalue weighted by atomic mass is 9.57. The number of benzene rings is 1. The number of phenols is 1. The van der Waals surface area contributed by atoms with Gasteiger partial charge in [0.1, 0.15) is 17.5 Å². The fraction of sp³-hybridized carbons (Fsp3) is 0.568. The topological polar surface area (TPSA) is 195 Å². The summed E-state index contributed by atoms with van der Waals surface area (Å²) < 4.78 is 29.8. The van der Waals surface area contributed by atoms with Crippen LogP contribution in [-0.4, -0.2) is 103 Å². The lowest BCUT2D eigenvalue weighted by Crippen LogP contribution is -2.69. The number of allylic oxidation sites excluding steroid dienone is 2. The fourth-order valence-electron chi connectivity index (χ4n) is 8.20. The Morgan fingerprint density at radius 1 is 0.900 bits per heavy atom. The molecule has 11 atom stereocenters. The maximum Gasteiger partial charge on any atom is 0.198 e. The molecule has 0 bridgehead atoms. The van der Waals surface area contributed by atoms with E-state index in [0.717, 1.165) is 6.08 Å². The van der Waals surface area contributed by atoms with Gasteiger partial charge in [-0.1, -0.05) is 12.1 Å². The zero-order chi connectivity index (χ0) is 35.9. The average Bonchev–Trinajstić information content (AvgIpc) is 3.05. The number of hydrogen-bond donors (Lipinski definition) is 4. The van der Waals surface area contributed by atoms with E-state index in [9.17, 15) is 39.6 Å². The van der Waals surface area contributed by atoms with Crippen molar-refractivity contribution in [3.63, 3.8) is 0 Å². The molecule has 0 spiro atoms. The maximum atomic E-state index is 14.1. The standard InChI is InChI=1S/C37H42O13/c1-17-23(38)7-11-28(47-17)49-25-9-10-26(46-19(25)3)20-5-6-21-30(32(20)41)33(42)22-13-14-36(44)16-35(4,50-29-12-8-24(39)18(2)48-29)15-27(40)37(36,45)31(22)34(21)43/h5-6,8,12-14,17-19,23,25-26,28-29,38,41,44-45H,7,9-11,15-16H2,1-4H3. The van der Waals surface area contributed by atoms with Gasteiger partial charge < -0.3 is 44.1 Å². The number of carbonyl (C=O) groups excluding carboxylic acids is 4. The fourth-order valence-corrected chi connectivity index (χ4v) is 8.20. The Bertz CT molecular complexity index is 1740. The van der Waals surface area contributed by atoms with Crippen molar-refractivity contribution in [1.29, 1.82) is 0 Å². The van der Waals surface area contributed by atoms with Crippen LogP contribution in [0.2, 0.25) is 0 Å². The molecule has 13 heteroatoms. The molecule has 0 amide bonds. The van der Waals surface area contributed by atoms with Gasteiger partial charge in [-0.2, -0.15) is 0 Å². The van der Waals surface area contributed by atoms with E-state index in [1.807, 2.05) is 6.92 Å². The SMILES string of the molecule is CC1OC(OC2(C)CC(=O)C3(O)C4=C(C=CC3(O)C2)C(=O)c2c(ccc(C3CCC(OC5CCC(O)C(C)O5)C(C)O3)c2O)C4=O)C=CC1=O. The summed E-state index contributed by atoms with van der Waals surface area (Å²) >= 11 is 0. The maximum absolute atomic E-state index is 14.1. The monoisotopic (exact) mass is 694 g/mol. The van der Waals surface area contributed by atoms with E-state index in [0.29, 0.717) is 31.2 Å². The minimum atomic E-state index is -2.78. The minimum Gasteiger partial charge on any atom is -0.507 e. The summed E-state index contributed by atoms with van der Waals surface area (Å²) in [6.45, 7) is 6.74. The number of hydrogen-bond acceptors (Lipinski definition) is 13. The summed E-state index contributed by atoms with van der Waals surface area (Å²) in [6, 6.07) is 2.85. The smallest absolute Gasteiger partial charge is 0.198 e. The molecular weight excluding hydrogens is 652 g/mol. The summed E-state index contributed by atoms with van der Waals surface area (Å²) in [4.78, 5) is 53.8. The molecule has 0 aromatic heterocycles. The molecule has 50 heavy (non-hydrogen) atoms. The van der Waals surface area contributed by atoms with E-state index < -0.39 is 88.9 Å². The van der Waals surface area contributed by atoms with Gasteiger partial charge in [0, 0.05) is 36.0 Å². The Kier molecular flexibility index (Phi) is 8.67. The first-order valence-electron chi connectivity index (χ1n) is 17.1. The molecule has 1 aromatic rings. The number of ketones is 4. The van der Waals surface area contributed by atoms with Crippen LogP contribution in [0, 0.1) is 0 Å². The summed E-state index contributed by atoms with van der Waals surface area (Å²) in [5, 5.41) is 45.3. The Balaban J connectivity index is 1.12. The molecule has 11 unspecified atom stereocenters. The Morgan fingerprint density at radius 2 is 1.66 bits per heavy atom. The number of carbonyl (C=O) groups is 4. The quantitative estimate of drug-likeness (QED) is 0.352. The van der Waals surface area contributed by atoms with E-state index >= 15 is 0 Å². The van der Waals surface area contributed by atoms with E-state index in [2.05, 4.69) is 0 Å². The summed E-state index contributed by atoms with van der Waals surface area (Å²) in [7, 11) is 0. The second-order valence-electron chi connectivity index (χ2n) is 14.6.